The summed E-state index contributed by atoms with van der Waals surface area (Å²) in [6, 6.07) is 12.0. The van der Waals surface area contributed by atoms with Gasteiger partial charge in [0, 0.05) is 6.54 Å². The minimum atomic E-state index is -0.531. The Bertz CT molecular complexity index is 753. The molecule has 25 heavy (non-hydrogen) atoms. The molecule has 0 aliphatic heterocycles. The highest BCUT2D eigenvalue weighted by Crippen LogP contribution is 2.29. The zero-order valence-corrected chi connectivity index (χ0v) is 14.3. The fourth-order valence-electron chi connectivity index (χ4n) is 3.40. The molecule has 0 spiro atoms. The fraction of sp³-hybridized carbons (Fsp3) is 0.350. The first kappa shape index (κ1) is 17.4. The Kier molecular flexibility index (Phi) is 5.04. The van der Waals surface area contributed by atoms with E-state index in [1.54, 1.807) is 13.2 Å². The number of nitrogens with two attached hydrogens (primary N) is 1. The van der Waals surface area contributed by atoms with Gasteiger partial charge in [0.25, 0.3) is 5.91 Å². The van der Waals surface area contributed by atoms with Gasteiger partial charge in [0.15, 0.2) is 0 Å². The van der Waals surface area contributed by atoms with Gasteiger partial charge < -0.3 is 15.8 Å². The quantitative estimate of drug-likeness (QED) is 0.874. The van der Waals surface area contributed by atoms with Crippen LogP contribution in [0.25, 0.3) is 11.1 Å². The van der Waals surface area contributed by atoms with E-state index < -0.39 is 17.3 Å². The lowest BCUT2D eigenvalue weighted by Crippen LogP contribution is -2.51. The highest BCUT2D eigenvalue weighted by Gasteiger charge is 2.34. The van der Waals surface area contributed by atoms with Crippen molar-refractivity contribution in [3.63, 3.8) is 0 Å². The van der Waals surface area contributed by atoms with Crippen molar-refractivity contribution >= 4 is 5.91 Å². The highest BCUT2D eigenvalue weighted by molar-refractivity contribution is 5.95. The van der Waals surface area contributed by atoms with Crippen LogP contribution in [0, 0.1) is 5.82 Å². The summed E-state index contributed by atoms with van der Waals surface area (Å²) in [5.41, 5.74) is 7.08. The van der Waals surface area contributed by atoms with E-state index in [9.17, 15) is 9.18 Å². The monoisotopic (exact) mass is 342 g/mol. The Morgan fingerprint density at radius 2 is 1.80 bits per heavy atom. The molecule has 2 aromatic rings. The lowest BCUT2D eigenvalue weighted by atomic mass is 9.96. The highest BCUT2D eigenvalue weighted by atomic mass is 19.1. The maximum Gasteiger partial charge on any atom is 0.254 e. The molecule has 0 radical (unpaired) electrons. The summed E-state index contributed by atoms with van der Waals surface area (Å²) in [5, 5.41) is 2.95. The van der Waals surface area contributed by atoms with Gasteiger partial charge in [0.05, 0.1) is 18.2 Å². The third kappa shape index (κ3) is 3.66. The number of carbonyl (C=O) groups excluding carboxylic acids is 1. The van der Waals surface area contributed by atoms with Crippen molar-refractivity contribution in [3.8, 4) is 16.9 Å². The molecule has 0 unspecified atom stereocenters. The number of amides is 1. The molecule has 5 heteroatoms. The van der Waals surface area contributed by atoms with Crippen molar-refractivity contribution < 1.29 is 13.9 Å². The first-order chi connectivity index (χ1) is 12.1. The van der Waals surface area contributed by atoms with E-state index in [0.29, 0.717) is 12.1 Å². The van der Waals surface area contributed by atoms with E-state index in [1.165, 1.54) is 12.1 Å². The molecular weight excluding hydrogens is 319 g/mol. The van der Waals surface area contributed by atoms with Crippen LogP contribution in [0.4, 0.5) is 4.39 Å². The number of ether oxygens (including phenoxy) is 1. The predicted molar refractivity (Wildman–Crippen MR) is 96.1 cm³/mol. The molecule has 1 amide bonds. The number of carbonyl (C=O) groups is 1. The van der Waals surface area contributed by atoms with Crippen molar-refractivity contribution in [2.75, 3.05) is 13.7 Å². The van der Waals surface area contributed by atoms with Gasteiger partial charge in [0.2, 0.25) is 0 Å². The molecule has 1 aliphatic rings. The van der Waals surface area contributed by atoms with Crippen LogP contribution >= 0.6 is 0 Å². The number of hydrogen-bond donors (Lipinski definition) is 2. The van der Waals surface area contributed by atoms with Gasteiger partial charge in [-0.2, -0.15) is 0 Å². The van der Waals surface area contributed by atoms with Crippen molar-refractivity contribution in [2.24, 2.45) is 5.73 Å². The normalized spacial score (nSPS) is 15.8. The molecule has 1 saturated carbocycles. The van der Waals surface area contributed by atoms with Gasteiger partial charge in [-0.25, -0.2) is 4.39 Å². The molecule has 4 nitrogen and oxygen atoms in total. The number of nitrogens with one attached hydrogen (secondary N) is 1. The molecule has 0 bridgehead atoms. The van der Waals surface area contributed by atoms with Gasteiger partial charge in [-0.15, -0.1) is 0 Å². The lowest BCUT2D eigenvalue weighted by molar-refractivity contribution is 0.0899. The molecule has 3 N–H and O–H groups in total. The maximum atomic E-state index is 14.5. The summed E-state index contributed by atoms with van der Waals surface area (Å²) in [6.07, 6.45) is 3.77. The number of halogens is 1. The molecule has 1 fully saturated rings. The van der Waals surface area contributed by atoms with Crippen molar-refractivity contribution in [1.29, 1.82) is 0 Å². The maximum absolute atomic E-state index is 14.5. The first-order valence-electron chi connectivity index (χ1n) is 8.53. The Morgan fingerprint density at radius 1 is 1.16 bits per heavy atom. The van der Waals surface area contributed by atoms with Crippen LogP contribution in [0.5, 0.6) is 5.75 Å². The van der Waals surface area contributed by atoms with E-state index in [2.05, 4.69) is 5.32 Å². The van der Waals surface area contributed by atoms with Gasteiger partial charge in [-0.05, 0) is 48.2 Å². The average molecular weight is 342 g/mol. The Morgan fingerprint density at radius 3 is 2.36 bits per heavy atom. The molecule has 0 atom stereocenters. The summed E-state index contributed by atoms with van der Waals surface area (Å²) in [5.74, 6) is -0.189. The Labute approximate surface area is 147 Å². The fourth-order valence-corrected chi connectivity index (χ4v) is 3.40. The van der Waals surface area contributed by atoms with Gasteiger partial charge in [-0.1, -0.05) is 31.0 Å². The SMILES string of the molecule is COc1ccc(-c2ccc(C(=O)NC3(CN)CCCC3)c(F)c2)cc1. The second kappa shape index (κ2) is 7.23. The van der Waals surface area contributed by atoms with Crippen molar-refractivity contribution in [1.82, 2.24) is 5.32 Å². The number of rotatable bonds is 5. The Balaban J connectivity index is 1.80. The third-order valence-corrected chi connectivity index (χ3v) is 4.97. The summed E-state index contributed by atoms with van der Waals surface area (Å²) in [7, 11) is 1.60. The van der Waals surface area contributed by atoms with Crippen molar-refractivity contribution in [3.05, 3.63) is 53.8 Å². The lowest BCUT2D eigenvalue weighted by Gasteiger charge is -2.28. The largest absolute Gasteiger partial charge is 0.497 e. The smallest absolute Gasteiger partial charge is 0.254 e. The van der Waals surface area contributed by atoms with Crippen LogP contribution in [-0.2, 0) is 0 Å². The predicted octanol–water partition coefficient (Wildman–Crippen LogP) is 3.50. The van der Waals surface area contributed by atoms with Gasteiger partial charge in [0.1, 0.15) is 11.6 Å². The van der Waals surface area contributed by atoms with Gasteiger partial charge >= 0.3 is 0 Å². The van der Waals surface area contributed by atoms with Crippen LogP contribution in [0.3, 0.4) is 0 Å². The molecule has 0 heterocycles. The standard InChI is InChI=1S/C20H23FN2O2/c1-25-16-7-4-14(5-8-16)15-6-9-17(18(21)12-15)19(24)23-20(13-22)10-2-3-11-20/h4-9,12H,2-3,10-11,13,22H2,1H3,(H,23,24). The molecule has 0 saturated heterocycles. The van der Waals surface area contributed by atoms with E-state index in [0.717, 1.165) is 37.0 Å². The third-order valence-electron chi connectivity index (χ3n) is 4.97. The summed E-state index contributed by atoms with van der Waals surface area (Å²) in [6.45, 7) is 0.379. The summed E-state index contributed by atoms with van der Waals surface area (Å²) in [4.78, 5) is 12.5. The van der Waals surface area contributed by atoms with Crippen LogP contribution < -0.4 is 15.8 Å². The van der Waals surface area contributed by atoms with E-state index in [4.69, 9.17) is 10.5 Å². The van der Waals surface area contributed by atoms with Crippen LogP contribution in [0.15, 0.2) is 42.5 Å². The van der Waals surface area contributed by atoms with Crippen molar-refractivity contribution in [2.45, 2.75) is 31.2 Å². The minimum Gasteiger partial charge on any atom is -0.497 e. The zero-order valence-electron chi connectivity index (χ0n) is 14.3. The van der Waals surface area contributed by atoms with Crippen LogP contribution in [-0.4, -0.2) is 25.1 Å². The second-order valence-electron chi connectivity index (χ2n) is 6.57. The van der Waals surface area contributed by atoms with Crippen LogP contribution in [0.2, 0.25) is 0 Å². The first-order valence-corrected chi connectivity index (χ1v) is 8.53. The van der Waals surface area contributed by atoms with E-state index >= 15 is 0 Å². The average Bonchev–Trinajstić information content (AvgIpc) is 3.10. The summed E-state index contributed by atoms with van der Waals surface area (Å²) < 4.78 is 19.6. The molecule has 2 aromatic carbocycles. The molecule has 132 valence electrons. The molecule has 3 rings (SSSR count). The summed E-state index contributed by atoms with van der Waals surface area (Å²) >= 11 is 0. The second-order valence-corrected chi connectivity index (χ2v) is 6.57. The topological polar surface area (TPSA) is 64.3 Å². The molecule has 1 aliphatic carbocycles. The minimum absolute atomic E-state index is 0.0528. The molecular formula is C20H23FN2O2. The molecule has 0 aromatic heterocycles. The number of methoxy groups -OCH3 is 1. The number of benzene rings is 2. The number of hydrogen-bond acceptors (Lipinski definition) is 3. The van der Waals surface area contributed by atoms with E-state index in [1.807, 2.05) is 24.3 Å². The Hall–Kier alpha value is -2.40. The van der Waals surface area contributed by atoms with E-state index in [-0.39, 0.29) is 5.56 Å². The van der Waals surface area contributed by atoms with Crippen LogP contribution in [0.1, 0.15) is 36.0 Å². The van der Waals surface area contributed by atoms with Gasteiger partial charge in [-0.3, -0.25) is 4.79 Å². The zero-order chi connectivity index (χ0) is 17.9.